The number of methoxy groups -OCH3 is 1. The summed E-state index contributed by atoms with van der Waals surface area (Å²) in [7, 11) is 1.68. The Labute approximate surface area is 110 Å². The van der Waals surface area contributed by atoms with Crippen LogP contribution in [0.25, 0.3) is 0 Å². The van der Waals surface area contributed by atoms with E-state index in [1.54, 1.807) is 7.11 Å². The summed E-state index contributed by atoms with van der Waals surface area (Å²) in [5.41, 5.74) is 3.44. The van der Waals surface area contributed by atoms with Crippen LogP contribution in [0.2, 0.25) is 0 Å². The average Bonchev–Trinajstić information content (AvgIpc) is 2.35. The minimum absolute atomic E-state index is 0.0433. The van der Waals surface area contributed by atoms with Gasteiger partial charge in [-0.3, -0.25) is 0 Å². The van der Waals surface area contributed by atoms with Crippen molar-refractivity contribution in [3.8, 4) is 0 Å². The first kappa shape index (κ1) is 15.1. The SMILES string of the molecule is CCNCCCc1c(C)nc(C(C)OC)nc1C. The summed E-state index contributed by atoms with van der Waals surface area (Å²) in [6.07, 6.45) is 2.11. The van der Waals surface area contributed by atoms with E-state index in [1.165, 1.54) is 5.56 Å². The number of aryl methyl sites for hydroxylation is 2. The molecule has 1 unspecified atom stereocenters. The van der Waals surface area contributed by atoms with Gasteiger partial charge in [0.25, 0.3) is 0 Å². The van der Waals surface area contributed by atoms with Crippen molar-refractivity contribution in [2.45, 2.75) is 46.6 Å². The third-order valence-corrected chi connectivity index (χ3v) is 3.19. The van der Waals surface area contributed by atoms with Crippen LogP contribution in [-0.4, -0.2) is 30.2 Å². The first-order valence-electron chi connectivity index (χ1n) is 6.67. The average molecular weight is 251 g/mol. The van der Waals surface area contributed by atoms with Gasteiger partial charge < -0.3 is 10.1 Å². The van der Waals surface area contributed by atoms with E-state index in [0.717, 1.165) is 43.1 Å². The van der Waals surface area contributed by atoms with Crippen molar-refractivity contribution < 1.29 is 4.74 Å². The Hall–Kier alpha value is -1.00. The smallest absolute Gasteiger partial charge is 0.157 e. The molecule has 4 nitrogen and oxygen atoms in total. The van der Waals surface area contributed by atoms with Crippen molar-refractivity contribution in [3.05, 3.63) is 22.8 Å². The summed E-state index contributed by atoms with van der Waals surface area (Å²) in [6, 6.07) is 0. The van der Waals surface area contributed by atoms with Gasteiger partial charge in [-0.15, -0.1) is 0 Å². The van der Waals surface area contributed by atoms with Crippen LogP contribution in [0.3, 0.4) is 0 Å². The lowest BCUT2D eigenvalue weighted by atomic mass is 10.1. The lowest BCUT2D eigenvalue weighted by Crippen LogP contribution is -2.15. The van der Waals surface area contributed by atoms with Gasteiger partial charge >= 0.3 is 0 Å². The zero-order chi connectivity index (χ0) is 13.5. The highest BCUT2D eigenvalue weighted by atomic mass is 16.5. The van der Waals surface area contributed by atoms with E-state index in [9.17, 15) is 0 Å². The van der Waals surface area contributed by atoms with Crippen LogP contribution in [0.15, 0.2) is 0 Å². The summed E-state index contributed by atoms with van der Waals surface area (Å²) in [5, 5.41) is 3.34. The van der Waals surface area contributed by atoms with Gasteiger partial charge in [-0.25, -0.2) is 9.97 Å². The molecule has 1 rings (SSSR count). The quantitative estimate of drug-likeness (QED) is 0.756. The van der Waals surface area contributed by atoms with Crippen LogP contribution in [-0.2, 0) is 11.2 Å². The van der Waals surface area contributed by atoms with E-state index in [2.05, 4.69) is 36.1 Å². The fraction of sp³-hybridized carbons (Fsp3) is 0.714. The molecule has 1 aromatic rings. The van der Waals surface area contributed by atoms with Gasteiger partial charge in [-0.2, -0.15) is 0 Å². The second-order valence-electron chi connectivity index (χ2n) is 4.57. The molecule has 1 aromatic heterocycles. The van der Waals surface area contributed by atoms with E-state index < -0.39 is 0 Å². The zero-order valence-corrected chi connectivity index (χ0v) is 12.2. The number of hydrogen-bond donors (Lipinski definition) is 1. The predicted octanol–water partition coefficient (Wildman–Crippen LogP) is 2.34. The molecule has 102 valence electrons. The van der Waals surface area contributed by atoms with Crippen LogP contribution in [0.4, 0.5) is 0 Å². The molecule has 18 heavy (non-hydrogen) atoms. The van der Waals surface area contributed by atoms with Gasteiger partial charge in [0.15, 0.2) is 5.82 Å². The standard InChI is InChI=1S/C14H25N3O/c1-6-15-9-7-8-13-10(2)16-14(12(4)18-5)17-11(13)3/h12,15H,6-9H2,1-5H3. The monoisotopic (exact) mass is 251 g/mol. The Bertz CT molecular complexity index is 356. The van der Waals surface area contributed by atoms with Crippen molar-refractivity contribution >= 4 is 0 Å². The minimum Gasteiger partial charge on any atom is -0.374 e. The highest BCUT2D eigenvalue weighted by Crippen LogP contribution is 2.17. The molecule has 0 fully saturated rings. The van der Waals surface area contributed by atoms with Crippen molar-refractivity contribution in [1.29, 1.82) is 0 Å². The van der Waals surface area contributed by atoms with Crippen LogP contribution in [0.5, 0.6) is 0 Å². The maximum absolute atomic E-state index is 5.26. The van der Waals surface area contributed by atoms with Crippen molar-refractivity contribution in [2.75, 3.05) is 20.2 Å². The van der Waals surface area contributed by atoms with Crippen LogP contribution < -0.4 is 5.32 Å². The summed E-state index contributed by atoms with van der Waals surface area (Å²) >= 11 is 0. The second-order valence-corrected chi connectivity index (χ2v) is 4.57. The minimum atomic E-state index is -0.0433. The Morgan fingerprint density at radius 3 is 2.33 bits per heavy atom. The molecule has 4 heteroatoms. The number of nitrogens with one attached hydrogen (secondary N) is 1. The van der Waals surface area contributed by atoms with Gasteiger partial charge in [-0.05, 0) is 52.3 Å². The van der Waals surface area contributed by atoms with Crippen LogP contribution in [0.1, 0.15) is 49.1 Å². The summed E-state index contributed by atoms with van der Waals surface area (Å²) in [6.45, 7) is 10.3. The van der Waals surface area contributed by atoms with Gasteiger partial charge in [0.05, 0.1) is 0 Å². The van der Waals surface area contributed by atoms with E-state index in [0.29, 0.717) is 0 Å². The highest BCUT2D eigenvalue weighted by Gasteiger charge is 2.12. The van der Waals surface area contributed by atoms with Gasteiger partial charge in [0, 0.05) is 18.5 Å². The molecule has 0 radical (unpaired) electrons. The van der Waals surface area contributed by atoms with E-state index in [1.807, 2.05) is 6.92 Å². The molecule has 0 aliphatic heterocycles. The number of hydrogen-bond acceptors (Lipinski definition) is 4. The van der Waals surface area contributed by atoms with E-state index >= 15 is 0 Å². The third kappa shape index (κ3) is 4.03. The molecule has 1 atom stereocenters. The summed E-state index contributed by atoms with van der Waals surface area (Å²) in [4.78, 5) is 9.09. The fourth-order valence-electron chi connectivity index (χ4n) is 1.98. The molecular weight excluding hydrogens is 226 g/mol. The third-order valence-electron chi connectivity index (χ3n) is 3.19. The second kappa shape index (κ2) is 7.44. The number of rotatable bonds is 7. The first-order chi connectivity index (χ1) is 8.60. The topological polar surface area (TPSA) is 47.0 Å². The molecule has 1 N–H and O–H groups in total. The molecule has 0 bridgehead atoms. The van der Waals surface area contributed by atoms with Crippen LogP contribution >= 0.6 is 0 Å². The molecule has 0 aromatic carbocycles. The number of aromatic nitrogens is 2. The van der Waals surface area contributed by atoms with E-state index in [-0.39, 0.29) is 6.10 Å². The molecular formula is C14H25N3O. The Kier molecular flexibility index (Phi) is 6.22. The molecule has 0 aliphatic rings. The largest absolute Gasteiger partial charge is 0.374 e. The lowest BCUT2D eigenvalue weighted by molar-refractivity contribution is 0.111. The Morgan fingerprint density at radius 2 is 1.83 bits per heavy atom. The number of nitrogens with zero attached hydrogens (tertiary/aromatic N) is 2. The Balaban J connectivity index is 2.75. The fourth-order valence-corrected chi connectivity index (χ4v) is 1.98. The van der Waals surface area contributed by atoms with Crippen molar-refractivity contribution in [1.82, 2.24) is 15.3 Å². The maximum atomic E-state index is 5.26. The van der Waals surface area contributed by atoms with Gasteiger partial charge in [0.2, 0.25) is 0 Å². The number of ether oxygens (including phenoxy) is 1. The zero-order valence-electron chi connectivity index (χ0n) is 12.2. The summed E-state index contributed by atoms with van der Waals surface area (Å²) < 4.78 is 5.26. The van der Waals surface area contributed by atoms with Crippen molar-refractivity contribution in [2.24, 2.45) is 0 Å². The molecule has 0 aliphatic carbocycles. The first-order valence-corrected chi connectivity index (χ1v) is 6.67. The predicted molar refractivity (Wildman–Crippen MR) is 73.8 cm³/mol. The van der Waals surface area contributed by atoms with Crippen molar-refractivity contribution in [3.63, 3.8) is 0 Å². The molecule has 0 spiro atoms. The van der Waals surface area contributed by atoms with Gasteiger partial charge in [0.1, 0.15) is 6.10 Å². The maximum Gasteiger partial charge on any atom is 0.157 e. The Morgan fingerprint density at radius 1 is 1.22 bits per heavy atom. The van der Waals surface area contributed by atoms with Crippen LogP contribution in [0, 0.1) is 13.8 Å². The molecule has 0 amide bonds. The molecule has 0 saturated carbocycles. The lowest BCUT2D eigenvalue weighted by Gasteiger charge is -2.14. The molecule has 0 saturated heterocycles. The molecule has 1 heterocycles. The normalized spacial score (nSPS) is 12.7. The summed E-state index contributed by atoms with van der Waals surface area (Å²) in [5.74, 6) is 0.780. The van der Waals surface area contributed by atoms with E-state index in [4.69, 9.17) is 4.74 Å². The highest BCUT2D eigenvalue weighted by molar-refractivity contribution is 5.24. The van der Waals surface area contributed by atoms with Gasteiger partial charge in [-0.1, -0.05) is 6.92 Å².